The molecule has 0 aromatic carbocycles. The van der Waals surface area contributed by atoms with Crippen LogP contribution in [0.5, 0.6) is 0 Å². The van der Waals surface area contributed by atoms with Gasteiger partial charge in [0.25, 0.3) is 5.91 Å². The fraction of sp³-hybridized carbons (Fsp3) is 0.480. The van der Waals surface area contributed by atoms with Gasteiger partial charge in [-0.3, -0.25) is 9.79 Å². The van der Waals surface area contributed by atoms with Gasteiger partial charge >= 0.3 is 6.03 Å². The van der Waals surface area contributed by atoms with Gasteiger partial charge in [-0.2, -0.15) is 0 Å². The van der Waals surface area contributed by atoms with E-state index in [1.807, 2.05) is 42.2 Å². The van der Waals surface area contributed by atoms with Gasteiger partial charge in [-0.25, -0.2) is 4.79 Å². The third kappa shape index (κ3) is 5.89. The van der Waals surface area contributed by atoms with Crippen molar-refractivity contribution >= 4 is 17.6 Å². The first-order chi connectivity index (χ1) is 16.5. The van der Waals surface area contributed by atoms with Crippen molar-refractivity contribution in [1.29, 1.82) is 0 Å². The predicted octanol–water partition coefficient (Wildman–Crippen LogP) is 1.91. The normalized spacial score (nSPS) is 25.4. The molecule has 2 heterocycles. The topological polar surface area (TPSA) is 118 Å². The molecule has 4 rings (SSSR count). The smallest absolute Gasteiger partial charge is 0.317 e. The zero-order valence-corrected chi connectivity index (χ0v) is 19.5. The van der Waals surface area contributed by atoms with E-state index in [4.69, 9.17) is 15.2 Å². The van der Waals surface area contributed by atoms with Gasteiger partial charge in [0.15, 0.2) is 11.5 Å². The van der Waals surface area contributed by atoms with E-state index in [9.17, 15) is 9.59 Å². The van der Waals surface area contributed by atoms with Crippen LogP contribution in [0.25, 0.3) is 0 Å². The summed E-state index contributed by atoms with van der Waals surface area (Å²) in [7, 11) is 0. The maximum atomic E-state index is 13.0. The number of carbonyl (C=O) groups is 2. The van der Waals surface area contributed by atoms with Crippen LogP contribution in [0.1, 0.15) is 26.2 Å². The summed E-state index contributed by atoms with van der Waals surface area (Å²) in [5.74, 6) is 1.26. The average Bonchev–Trinajstić information content (AvgIpc) is 2.85. The molecule has 3 atom stereocenters. The summed E-state index contributed by atoms with van der Waals surface area (Å²) in [6, 6.07) is -0.467. The summed E-state index contributed by atoms with van der Waals surface area (Å²) in [5, 5.41) is 6.02. The molecule has 0 radical (unpaired) electrons. The molecule has 1 fully saturated rings. The van der Waals surface area contributed by atoms with Gasteiger partial charge in [0.2, 0.25) is 0 Å². The minimum Gasteiger partial charge on any atom is -0.486 e. The maximum Gasteiger partial charge on any atom is 0.317 e. The van der Waals surface area contributed by atoms with Crippen molar-refractivity contribution < 1.29 is 19.1 Å². The Bertz CT molecular complexity index is 978. The highest BCUT2D eigenvalue weighted by Gasteiger charge is 2.26. The Kier molecular flexibility index (Phi) is 7.72. The number of nitrogens with two attached hydrogens (primary N) is 1. The van der Waals surface area contributed by atoms with Gasteiger partial charge in [0.1, 0.15) is 18.9 Å². The number of amides is 3. The first kappa shape index (κ1) is 23.7. The predicted molar refractivity (Wildman–Crippen MR) is 130 cm³/mol. The minimum absolute atomic E-state index is 0.0442. The van der Waals surface area contributed by atoms with Crippen molar-refractivity contribution in [3.8, 4) is 0 Å². The van der Waals surface area contributed by atoms with Gasteiger partial charge in [0.05, 0.1) is 12.1 Å². The molecule has 0 aromatic rings. The Hall–Kier alpha value is -3.49. The molecule has 2 aliphatic carbocycles. The lowest BCUT2D eigenvalue weighted by molar-refractivity contribution is -0.115. The van der Waals surface area contributed by atoms with E-state index in [0.717, 1.165) is 12.2 Å². The SMILES string of the molecule is CCCN(CC1C=CC(C(=O)NC2CC=CC=C2N)=NC1)C(=O)NC1C=C2OCCOC2=CC1. The summed E-state index contributed by atoms with van der Waals surface area (Å²) in [6.07, 6.45) is 15.4. The molecular formula is C25H33N5O4. The van der Waals surface area contributed by atoms with Crippen molar-refractivity contribution in [2.75, 3.05) is 32.8 Å². The molecule has 0 bridgehead atoms. The second-order valence-corrected chi connectivity index (χ2v) is 8.74. The molecule has 0 saturated carbocycles. The van der Waals surface area contributed by atoms with Crippen molar-refractivity contribution in [2.24, 2.45) is 16.6 Å². The molecule has 1 saturated heterocycles. The summed E-state index contributed by atoms with van der Waals surface area (Å²) in [6.45, 7) is 4.73. The van der Waals surface area contributed by atoms with Gasteiger partial charge in [0, 0.05) is 31.2 Å². The maximum absolute atomic E-state index is 13.0. The van der Waals surface area contributed by atoms with Gasteiger partial charge in [-0.15, -0.1) is 0 Å². The zero-order valence-electron chi connectivity index (χ0n) is 19.5. The summed E-state index contributed by atoms with van der Waals surface area (Å²) in [5.41, 5.74) is 6.99. The fourth-order valence-electron chi connectivity index (χ4n) is 4.24. The number of fused-ring (bicyclic) bond motifs is 1. The molecule has 4 N–H and O–H groups in total. The Morgan fingerprint density at radius 3 is 2.76 bits per heavy atom. The van der Waals surface area contributed by atoms with Crippen molar-refractivity contribution in [1.82, 2.24) is 15.5 Å². The molecule has 9 heteroatoms. The number of dihydropyridines is 1. The highest BCUT2D eigenvalue weighted by atomic mass is 16.6. The molecule has 9 nitrogen and oxygen atoms in total. The number of ether oxygens (including phenoxy) is 2. The van der Waals surface area contributed by atoms with E-state index in [2.05, 4.69) is 15.6 Å². The average molecular weight is 468 g/mol. The summed E-state index contributed by atoms with van der Waals surface area (Å²) < 4.78 is 11.2. The quantitative estimate of drug-likeness (QED) is 0.529. The zero-order chi connectivity index (χ0) is 23.9. The third-order valence-electron chi connectivity index (χ3n) is 6.05. The van der Waals surface area contributed by atoms with Crippen LogP contribution in [0.15, 0.2) is 64.7 Å². The van der Waals surface area contributed by atoms with E-state index in [1.54, 1.807) is 12.2 Å². The van der Waals surface area contributed by atoms with Crippen LogP contribution >= 0.6 is 0 Å². The van der Waals surface area contributed by atoms with E-state index >= 15 is 0 Å². The summed E-state index contributed by atoms with van der Waals surface area (Å²) >= 11 is 0. The molecule has 3 amide bonds. The molecule has 0 spiro atoms. The second kappa shape index (κ2) is 11.1. The number of urea groups is 1. The lowest BCUT2D eigenvalue weighted by Gasteiger charge is -2.30. The molecule has 0 aromatic heterocycles. The van der Waals surface area contributed by atoms with Crippen LogP contribution in [0, 0.1) is 5.92 Å². The standard InChI is InChI=1S/C25H33N5O4/c1-2-11-30(25(32)28-18-8-10-22-23(14-18)34-13-12-33-22)16-17-7-9-21(27-15-17)24(31)29-20-6-4-3-5-19(20)26/h3-5,7,9-10,14,17-18,20H,2,6,8,11-13,15-16,26H2,1H3,(H,28,32)(H,29,31). The van der Waals surface area contributed by atoms with E-state index in [1.165, 1.54) is 0 Å². The number of hydrogen-bond acceptors (Lipinski definition) is 6. The highest BCUT2D eigenvalue weighted by Crippen LogP contribution is 2.24. The molecule has 2 aliphatic heterocycles. The Labute approximate surface area is 200 Å². The third-order valence-corrected chi connectivity index (χ3v) is 6.05. The Morgan fingerprint density at radius 1 is 1.21 bits per heavy atom. The van der Waals surface area contributed by atoms with Gasteiger partial charge in [-0.05, 0) is 43.6 Å². The largest absolute Gasteiger partial charge is 0.486 e. The van der Waals surface area contributed by atoms with Crippen LogP contribution in [-0.4, -0.2) is 67.5 Å². The number of carbonyl (C=O) groups excluding carboxylic acids is 2. The van der Waals surface area contributed by atoms with Crippen LogP contribution < -0.4 is 16.4 Å². The van der Waals surface area contributed by atoms with Crippen molar-refractivity contribution in [3.63, 3.8) is 0 Å². The minimum atomic E-state index is -0.235. The molecule has 182 valence electrons. The second-order valence-electron chi connectivity index (χ2n) is 8.74. The number of nitrogens with zero attached hydrogens (tertiary/aromatic N) is 2. The van der Waals surface area contributed by atoms with Gasteiger partial charge in [-0.1, -0.05) is 25.2 Å². The number of allylic oxidation sites excluding steroid dienone is 2. The first-order valence-corrected chi connectivity index (χ1v) is 11.9. The van der Waals surface area contributed by atoms with Crippen LogP contribution in [0.4, 0.5) is 4.79 Å². The lowest BCUT2D eigenvalue weighted by atomic mass is 10.0. The van der Waals surface area contributed by atoms with Crippen LogP contribution in [0.2, 0.25) is 0 Å². The van der Waals surface area contributed by atoms with E-state index in [-0.39, 0.29) is 29.9 Å². The number of rotatable bonds is 7. The summed E-state index contributed by atoms with van der Waals surface area (Å²) in [4.78, 5) is 31.9. The van der Waals surface area contributed by atoms with Crippen molar-refractivity contribution in [3.05, 3.63) is 59.7 Å². The number of nitrogens with one attached hydrogen (secondary N) is 2. The molecule has 3 unspecified atom stereocenters. The molecule has 4 aliphatic rings. The Morgan fingerprint density at radius 2 is 2.03 bits per heavy atom. The van der Waals surface area contributed by atoms with E-state index in [0.29, 0.717) is 62.9 Å². The van der Waals surface area contributed by atoms with Gasteiger partial charge < -0.3 is 30.7 Å². The molecular weight excluding hydrogens is 434 g/mol. The first-order valence-electron chi connectivity index (χ1n) is 11.9. The number of hydrogen-bond donors (Lipinski definition) is 3. The van der Waals surface area contributed by atoms with Crippen LogP contribution in [0.3, 0.4) is 0 Å². The lowest BCUT2D eigenvalue weighted by Crippen LogP contribution is -2.47. The van der Waals surface area contributed by atoms with E-state index < -0.39 is 0 Å². The molecule has 34 heavy (non-hydrogen) atoms. The fourth-order valence-corrected chi connectivity index (χ4v) is 4.24. The van der Waals surface area contributed by atoms with Crippen LogP contribution in [-0.2, 0) is 14.3 Å². The monoisotopic (exact) mass is 467 g/mol. The highest BCUT2D eigenvalue weighted by molar-refractivity contribution is 6.43. The Balaban J connectivity index is 1.28. The number of aliphatic imine (C=N–C) groups is 1. The van der Waals surface area contributed by atoms with Crippen molar-refractivity contribution in [2.45, 2.75) is 38.3 Å².